The minimum absolute atomic E-state index is 0.203. The Morgan fingerprint density at radius 2 is 1.65 bits per heavy atom. The molecule has 0 aliphatic carbocycles. The summed E-state index contributed by atoms with van der Waals surface area (Å²) in [7, 11) is 0. The largest absolute Gasteiger partial charge is 0.207 e. The number of alkyl halides is 1. The maximum atomic E-state index is 14.1. The minimum Gasteiger partial charge on any atom is -0.207 e. The quantitative estimate of drug-likeness (QED) is 0.489. The summed E-state index contributed by atoms with van der Waals surface area (Å²) in [6, 6.07) is 18.9. The normalized spacial score (nSPS) is 12.6. The summed E-state index contributed by atoms with van der Waals surface area (Å²) in [5.41, 5.74) is 1.63. The van der Waals surface area contributed by atoms with Crippen molar-refractivity contribution in [2.45, 2.75) is 4.83 Å². The molecule has 0 aliphatic heterocycles. The Kier molecular flexibility index (Phi) is 3.77. The maximum Gasteiger partial charge on any atom is 0.129 e. The van der Waals surface area contributed by atoms with Crippen LogP contribution in [0.2, 0.25) is 5.02 Å². The van der Waals surface area contributed by atoms with Crippen molar-refractivity contribution < 1.29 is 4.39 Å². The topological polar surface area (TPSA) is 0 Å². The van der Waals surface area contributed by atoms with Crippen molar-refractivity contribution >= 4 is 38.3 Å². The van der Waals surface area contributed by atoms with Crippen molar-refractivity contribution in [1.29, 1.82) is 0 Å². The van der Waals surface area contributed by atoms with E-state index < -0.39 is 0 Å². The van der Waals surface area contributed by atoms with E-state index in [1.165, 1.54) is 6.07 Å². The Bertz CT molecular complexity index is 765. The van der Waals surface area contributed by atoms with Crippen LogP contribution in [-0.2, 0) is 0 Å². The molecule has 0 saturated heterocycles. The molecule has 0 spiro atoms. The van der Waals surface area contributed by atoms with Crippen molar-refractivity contribution in [2.24, 2.45) is 0 Å². The summed E-state index contributed by atoms with van der Waals surface area (Å²) in [6.07, 6.45) is 0. The van der Waals surface area contributed by atoms with Gasteiger partial charge < -0.3 is 0 Å². The molecule has 1 atom stereocenters. The molecule has 1 unspecified atom stereocenters. The number of fused-ring (bicyclic) bond motifs is 1. The summed E-state index contributed by atoms with van der Waals surface area (Å²) in [5.74, 6) is -0.299. The molecule has 0 aromatic heterocycles. The molecule has 3 heteroatoms. The molecule has 3 aromatic carbocycles. The van der Waals surface area contributed by atoms with Gasteiger partial charge in [0.05, 0.1) is 4.83 Å². The molecule has 100 valence electrons. The maximum absolute atomic E-state index is 14.1. The second kappa shape index (κ2) is 5.55. The van der Waals surface area contributed by atoms with Crippen molar-refractivity contribution in [2.75, 3.05) is 0 Å². The third kappa shape index (κ3) is 2.46. The Hall–Kier alpha value is -1.38. The summed E-state index contributed by atoms with van der Waals surface area (Å²) in [5, 5.41) is 2.67. The fourth-order valence-corrected chi connectivity index (χ4v) is 3.28. The number of benzene rings is 3. The van der Waals surface area contributed by atoms with Crippen LogP contribution in [0.25, 0.3) is 10.8 Å². The van der Waals surface area contributed by atoms with Gasteiger partial charge in [0.1, 0.15) is 5.82 Å². The lowest BCUT2D eigenvalue weighted by atomic mass is 9.98. The zero-order valence-corrected chi connectivity index (χ0v) is 12.8. The zero-order chi connectivity index (χ0) is 14.1. The standard InChI is InChI=1S/C17H11BrClF/c18-17(15-9-8-12(19)10-16(15)20)14-7-3-5-11-4-1-2-6-13(11)14/h1-10,17H. The molecule has 0 fully saturated rings. The van der Waals surface area contributed by atoms with Crippen molar-refractivity contribution in [3.63, 3.8) is 0 Å². The molecule has 0 amide bonds. The highest BCUT2D eigenvalue weighted by Crippen LogP contribution is 2.37. The van der Waals surface area contributed by atoms with E-state index in [4.69, 9.17) is 11.6 Å². The van der Waals surface area contributed by atoms with Crippen LogP contribution in [-0.4, -0.2) is 0 Å². The first-order valence-electron chi connectivity index (χ1n) is 6.23. The van der Waals surface area contributed by atoms with E-state index in [0.29, 0.717) is 10.6 Å². The monoisotopic (exact) mass is 348 g/mol. The first kappa shape index (κ1) is 13.6. The molecule has 0 saturated carbocycles. The third-order valence-electron chi connectivity index (χ3n) is 3.33. The van der Waals surface area contributed by atoms with Crippen LogP contribution in [0.15, 0.2) is 60.7 Å². The van der Waals surface area contributed by atoms with Crippen LogP contribution in [0.5, 0.6) is 0 Å². The van der Waals surface area contributed by atoms with Gasteiger partial charge in [-0.1, -0.05) is 76.1 Å². The molecule has 3 rings (SSSR count). The second-order valence-electron chi connectivity index (χ2n) is 4.60. The molecule has 20 heavy (non-hydrogen) atoms. The van der Waals surface area contributed by atoms with Gasteiger partial charge in [-0.15, -0.1) is 0 Å². The average molecular weight is 350 g/mol. The molecule has 0 radical (unpaired) electrons. The van der Waals surface area contributed by atoms with E-state index in [1.807, 2.05) is 30.3 Å². The van der Waals surface area contributed by atoms with E-state index in [1.54, 1.807) is 12.1 Å². The lowest BCUT2D eigenvalue weighted by Gasteiger charge is -2.14. The van der Waals surface area contributed by atoms with E-state index in [-0.39, 0.29) is 10.6 Å². The van der Waals surface area contributed by atoms with Crippen LogP contribution in [0.1, 0.15) is 16.0 Å². The molecule has 0 N–H and O–H groups in total. The highest BCUT2D eigenvalue weighted by atomic mass is 79.9. The Labute approximate surface area is 130 Å². The Balaban J connectivity index is 2.15. The van der Waals surface area contributed by atoms with Crippen LogP contribution in [0.4, 0.5) is 4.39 Å². The van der Waals surface area contributed by atoms with E-state index in [2.05, 4.69) is 28.1 Å². The molecule has 3 aromatic rings. The lowest BCUT2D eigenvalue weighted by Crippen LogP contribution is -1.97. The van der Waals surface area contributed by atoms with Crippen LogP contribution in [0, 0.1) is 5.82 Å². The molecule has 0 bridgehead atoms. The van der Waals surface area contributed by atoms with Crippen LogP contribution in [0.3, 0.4) is 0 Å². The predicted octanol–water partition coefficient (Wildman–Crippen LogP) is 6.12. The predicted molar refractivity (Wildman–Crippen MR) is 86.1 cm³/mol. The smallest absolute Gasteiger partial charge is 0.129 e. The fourth-order valence-electron chi connectivity index (χ4n) is 2.35. The van der Waals surface area contributed by atoms with E-state index in [0.717, 1.165) is 16.3 Å². The van der Waals surface area contributed by atoms with E-state index >= 15 is 0 Å². The van der Waals surface area contributed by atoms with Gasteiger partial charge >= 0.3 is 0 Å². The number of halogens is 3. The van der Waals surface area contributed by atoms with Gasteiger partial charge in [0.15, 0.2) is 0 Å². The molecule has 0 heterocycles. The van der Waals surface area contributed by atoms with Gasteiger partial charge in [-0.05, 0) is 28.5 Å². The number of hydrogen-bond donors (Lipinski definition) is 0. The Morgan fingerprint density at radius 1 is 0.900 bits per heavy atom. The van der Waals surface area contributed by atoms with Gasteiger partial charge in [0.25, 0.3) is 0 Å². The first-order valence-corrected chi connectivity index (χ1v) is 7.53. The van der Waals surface area contributed by atoms with Gasteiger partial charge in [0, 0.05) is 10.6 Å². The summed E-state index contributed by atoms with van der Waals surface area (Å²) >= 11 is 9.41. The van der Waals surface area contributed by atoms with Crippen LogP contribution >= 0.6 is 27.5 Å². The first-order chi connectivity index (χ1) is 9.66. The SMILES string of the molecule is Fc1cc(Cl)ccc1C(Br)c1cccc2ccccc12. The molecular formula is C17H11BrClF. The van der Waals surface area contributed by atoms with Gasteiger partial charge in [0.2, 0.25) is 0 Å². The van der Waals surface area contributed by atoms with E-state index in [9.17, 15) is 4.39 Å². The zero-order valence-electron chi connectivity index (χ0n) is 10.5. The molecular weight excluding hydrogens is 339 g/mol. The van der Waals surface area contributed by atoms with Gasteiger partial charge in [-0.3, -0.25) is 0 Å². The van der Waals surface area contributed by atoms with Crippen molar-refractivity contribution in [3.05, 3.63) is 82.6 Å². The minimum atomic E-state index is -0.299. The third-order valence-corrected chi connectivity index (χ3v) is 4.55. The van der Waals surface area contributed by atoms with Crippen LogP contribution < -0.4 is 0 Å². The average Bonchev–Trinajstić information content (AvgIpc) is 2.46. The lowest BCUT2D eigenvalue weighted by molar-refractivity contribution is 0.614. The Morgan fingerprint density at radius 3 is 2.45 bits per heavy atom. The van der Waals surface area contributed by atoms with Crippen molar-refractivity contribution in [3.8, 4) is 0 Å². The van der Waals surface area contributed by atoms with Gasteiger partial charge in [-0.25, -0.2) is 4.39 Å². The second-order valence-corrected chi connectivity index (χ2v) is 5.95. The number of hydrogen-bond acceptors (Lipinski definition) is 0. The van der Waals surface area contributed by atoms with Gasteiger partial charge in [-0.2, -0.15) is 0 Å². The summed E-state index contributed by atoms with van der Waals surface area (Å²) in [4.78, 5) is -0.203. The summed E-state index contributed by atoms with van der Waals surface area (Å²) in [6.45, 7) is 0. The highest BCUT2D eigenvalue weighted by Gasteiger charge is 2.17. The van der Waals surface area contributed by atoms with Crippen molar-refractivity contribution in [1.82, 2.24) is 0 Å². The number of rotatable bonds is 2. The molecule has 0 nitrogen and oxygen atoms in total. The summed E-state index contributed by atoms with van der Waals surface area (Å²) < 4.78 is 14.1. The molecule has 0 aliphatic rings. The highest BCUT2D eigenvalue weighted by molar-refractivity contribution is 9.09. The fraction of sp³-hybridized carbons (Fsp3) is 0.0588.